The van der Waals surface area contributed by atoms with Crippen molar-refractivity contribution in [1.29, 1.82) is 0 Å². The Morgan fingerprint density at radius 1 is 0.409 bits per heavy atom. The molecule has 5 fully saturated rings. The minimum Gasteiger partial charge on any atom is -0.444 e. The van der Waals surface area contributed by atoms with Crippen LogP contribution in [0.2, 0.25) is 0 Å². The van der Waals surface area contributed by atoms with Gasteiger partial charge in [0.1, 0.15) is 48.1 Å². The molecule has 5 saturated heterocycles. The van der Waals surface area contributed by atoms with Crippen LogP contribution in [-0.2, 0) is 56.0 Å². The van der Waals surface area contributed by atoms with Crippen LogP contribution in [0.5, 0.6) is 0 Å². The number of pyridine rings is 4. The van der Waals surface area contributed by atoms with E-state index in [0.717, 1.165) is 152 Å². The fourth-order valence-electron chi connectivity index (χ4n) is 17.9. The molecule has 6 N–H and O–H groups in total. The molecule has 15 rings (SSSR count). The molecule has 4 unspecified atom stereocenters. The molecule has 5 aliphatic heterocycles. The Balaban J connectivity index is 0.000000165. The number of benzene rings is 3. The van der Waals surface area contributed by atoms with Crippen LogP contribution in [0.25, 0.3) is 22.5 Å². The second kappa shape index (κ2) is 41.7. The van der Waals surface area contributed by atoms with Gasteiger partial charge in [-0.25, -0.2) is 34.3 Å². The summed E-state index contributed by atoms with van der Waals surface area (Å²) in [5.74, 6) is 2.95. The van der Waals surface area contributed by atoms with Crippen molar-refractivity contribution < 1.29 is 37.9 Å². The summed E-state index contributed by atoms with van der Waals surface area (Å²) >= 11 is 9.83. The van der Waals surface area contributed by atoms with Crippen molar-refractivity contribution in [2.75, 3.05) is 67.1 Å². The van der Waals surface area contributed by atoms with Crippen molar-refractivity contribution in [3.8, 4) is 22.5 Å². The lowest BCUT2D eigenvalue weighted by Crippen LogP contribution is -2.49. The van der Waals surface area contributed by atoms with E-state index < -0.39 is 16.8 Å². The van der Waals surface area contributed by atoms with Gasteiger partial charge in [-0.2, -0.15) is 0 Å². The molecular weight excluding hydrogens is 1780 g/mol. The van der Waals surface area contributed by atoms with Crippen LogP contribution in [0.1, 0.15) is 296 Å². The number of anilines is 3. The van der Waals surface area contributed by atoms with Gasteiger partial charge in [0.15, 0.2) is 0 Å². The Kier molecular flexibility index (Phi) is 33.5. The third kappa shape index (κ3) is 28.9. The minimum absolute atomic E-state index is 0.0563. The Hall–Kier alpha value is -7.19. The summed E-state index contributed by atoms with van der Waals surface area (Å²) < 4.78 is 30.9. The smallest absolute Gasteiger partial charge is 0.444 e. The van der Waals surface area contributed by atoms with Crippen molar-refractivity contribution in [3.05, 3.63) is 175 Å². The lowest BCUT2D eigenvalue weighted by atomic mass is 9.61. The molecule has 20 nitrogen and oxygen atoms in total. The fraction of sp³-hybridized carbons (Fsp3) is 0.602. The van der Waals surface area contributed by atoms with Crippen LogP contribution in [0.3, 0.4) is 0 Å². The van der Waals surface area contributed by atoms with Crippen LogP contribution in [0.15, 0.2) is 141 Å². The molecule has 4 aromatic heterocycles. The maximum atomic E-state index is 12.3. The summed E-state index contributed by atoms with van der Waals surface area (Å²) in [6.45, 7) is 60.9. The number of carbonyl (C=O) groups is 3. The Morgan fingerprint density at radius 2 is 0.740 bits per heavy atom. The number of nitrogens with zero attached hydrogens (tertiary/aromatic N) is 7. The summed E-state index contributed by atoms with van der Waals surface area (Å²) in [6.07, 6.45) is 14.7. The quantitative estimate of drug-likeness (QED) is 0.0514. The lowest BCUT2D eigenvalue weighted by Gasteiger charge is -2.42. The number of hydrogen-bond donors (Lipinski definition) is 5. The topological polar surface area (TPSA) is 233 Å². The van der Waals surface area contributed by atoms with Crippen molar-refractivity contribution in [2.45, 2.75) is 348 Å². The fourth-order valence-corrected chi connectivity index (χ4v) is 19.2. The standard InChI is InChI=1S/C29H41N3O2.C24H33N3.C20H31BO2.C15H22BrN3O2.C10H20N2O2.C5H3Br2N/c1-27(2,3)34-26(33)30-21-10-9-17-32(19-21)25-12-8-11-24(31-25)20-13-14-22-23(18-20)29(6,7)16-15-28(22,4)5;1-23(2)12-13-24(3,4)20-15-17(10-11-19(20)23)21-8-5-9-22(26-21)27-14-6-7-18(25)16-27;1-17(2)11-12-18(3,4)16-13-14(9-10-15(16)17)21-22-19(5,6)20(7,8)23-21;1-15(2,3)21-14(20)17-11-6-5-9-19(10-11)13-8-4-7-12(16)18-13;1-10(2,3)14-9(13)12-8-5-4-6-11-7-8;6-4-2-1-3-5(7)8-4/h8,11-14,18,21H,9-10,15-17,19H2,1-7H3,(H,30,33);5,8-11,15,18H,6-7,12-14,16,25H2,1-4H3;9-10,13H,11-12H2,1-8H3;4,7-8,11H,5-6,9-10H2,1-3H3,(H,17,20);8,11H,4-7H2,1-3H3,(H,12,13);1-3H. The molecule has 0 spiro atoms. The molecule has 3 amide bonds. The van der Waals surface area contributed by atoms with Crippen molar-refractivity contribution >= 4 is 96.1 Å². The average molecular weight is 1930 g/mol. The Bertz CT molecular complexity index is 4840. The molecule has 0 radical (unpaired) electrons. The maximum absolute atomic E-state index is 12.3. The number of halogens is 3. The maximum Gasteiger partial charge on any atom is 0.494 e. The highest BCUT2D eigenvalue weighted by molar-refractivity contribution is 9.11. The highest BCUT2D eigenvalue weighted by Gasteiger charge is 2.52. The molecule has 127 heavy (non-hydrogen) atoms. The SMILES string of the molecule is Brc1cccc(Br)n1.CC(C)(C)OC(=O)NC1CCCN(c2cccc(-c3ccc4c(c3)C(C)(C)CCC4(C)C)n2)C1.CC(C)(C)OC(=O)NC1CCCN(c2cccc(Br)n2)C1.CC(C)(C)OC(=O)NC1CCCNC1.CC1(C)CCC(C)(C)c2cc(-c3cccc(N4CCCC(N)C4)n3)ccc21.CC1(C)CCC(C)(C)c2cc(B3OC(C)(C)C(C)(C)O3)ccc21. The van der Waals surface area contributed by atoms with E-state index in [0.29, 0.717) is 0 Å². The van der Waals surface area contributed by atoms with E-state index >= 15 is 0 Å². The van der Waals surface area contributed by atoms with E-state index in [-0.39, 0.29) is 93.3 Å². The summed E-state index contributed by atoms with van der Waals surface area (Å²) in [5.41, 5.74) is 20.0. The number of ether oxygens (including phenoxy) is 3. The predicted molar refractivity (Wildman–Crippen MR) is 533 cm³/mol. The first-order valence-electron chi connectivity index (χ1n) is 46.4. The molecule has 24 heteroatoms. The molecule has 3 aromatic carbocycles. The van der Waals surface area contributed by atoms with Gasteiger partial charge in [0.2, 0.25) is 0 Å². The Labute approximate surface area is 787 Å². The average Bonchev–Trinajstić information content (AvgIpc) is 1.74. The molecule has 0 bridgehead atoms. The molecule has 694 valence electrons. The number of alkyl carbamates (subject to hydrolysis) is 3. The molecule has 9 heterocycles. The van der Waals surface area contributed by atoms with Gasteiger partial charge in [-0.05, 0) is 366 Å². The van der Waals surface area contributed by atoms with E-state index in [1.165, 1.54) is 83.0 Å². The first-order chi connectivity index (χ1) is 59.0. The lowest BCUT2D eigenvalue weighted by molar-refractivity contribution is 0.00578. The third-order valence-electron chi connectivity index (χ3n) is 26.3. The van der Waals surface area contributed by atoms with Gasteiger partial charge in [-0.15, -0.1) is 0 Å². The van der Waals surface area contributed by atoms with Gasteiger partial charge in [-0.1, -0.05) is 150 Å². The zero-order chi connectivity index (χ0) is 93.3. The largest absolute Gasteiger partial charge is 0.494 e. The third-order valence-corrected chi connectivity index (χ3v) is 27.6. The molecule has 8 aliphatic rings. The molecule has 3 aliphatic carbocycles. The van der Waals surface area contributed by atoms with E-state index in [4.69, 9.17) is 39.2 Å². The number of nitrogens with one attached hydrogen (secondary N) is 4. The van der Waals surface area contributed by atoms with E-state index in [1.54, 1.807) is 0 Å². The zero-order valence-electron chi connectivity index (χ0n) is 81.2. The number of aromatic nitrogens is 4. The van der Waals surface area contributed by atoms with Gasteiger partial charge >= 0.3 is 25.4 Å². The highest BCUT2D eigenvalue weighted by atomic mass is 79.9. The van der Waals surface area contributed by atoms with Crippen molar-refractivity contribution in [3.63, 3.8) is 0 Å². The molecular formula is C103H150BBr3N12O8. The monoisotopic (exact) mass is 1930 g/mol. The second-order valence-corrected chi connectivity index (χ2v) is 46.4. The summed E-state index contributed by atoms with van der Waals surface area (Å²) in [5, 5.41) is 12.1. The predicted octanol–water partition coefficient (Wildman–Crippen LogP) is 23.2. The number of rotatable bonds is 9. The second-order valence-electron chi connectivity index (χ2n) is 44.0. The number of amides is 3. The van der Waals surface area contributed by atoms with Gasteiger partial charge in [-0.3, -0.25) is 0 Å². The first-order valence-corrected chi connectivity index (χ1v) is 48.8. The number of hydrogen-bond acceptors (Lipinski definition) is 17. The van der Waals surface area contributed by atoms with Crippen LogP contribution in [0, 0.1) is 0 Å². The van der Waals surface area contributed by atoms with Crippen molar-refractivity contribution in [2.24, 2.45) is 5.73 Å². The Morgan fingerprint density at radius 3 is 1.10 bits per heavy atom. The van der Waals surface area contributed by atoms with Gasteiger partial charge in [0.05, 0.1) is 22.6 Å². The molecule has 4 atom stereocenters. The number of carbonyl (C=O) groups excluding carboxylic acids is 3. The van der Waals surface area contributed by atoms with Crippen LogP contribution in [-0.4, -0.2) is 150 Å². The van der Waals surface area contributed by atoms with E-state index in [9.17, 15) is 14.4 Å². The molecule has 7 aromatic rings. The first kappa shape index (κ1) is 102. The van der Waals surface area contributed by atoms with E-state index in [2.05, 4.69) is 295 Å². The number of piperidine rings is 4. The number of nitrogens with two attached hydrogens (primary N) is 1. The van der Waals surface area contributed by atoms with Gasteiger partial charge in [0.25, 0.3) is 0 Å². The number of fused-ring (bicyclic) bond motifs is 3. The van der Waals surface area contributed by atoms with Crippen LogP contribution in [0.4, 0.5) is 31.8 Å². The van der Waals surface area contributed by atoms with Gasteiger partial charge in [0, 0.05) is 81.1 Å². The minimum atomic E-state index is -0.493. The summed E-state index contributed by atoms with van der Waals surface area (Å²) in [6, 6.07) is 45.6. The van der Waals surface area contributed by atoms with Crippen LogP contribution < -0.4 is 47.2 Å². The van der Waals surface area contributed by atoms with E-state index in [1.807, 2.05) is 98.7 Å². The van der Waals surface area contributed by atoms with Crippen LogP contribution >= 0.6 is 47.8 Å². The van der Waals surface area contributed by atoms with Crippen molar-refractivity contribution in [1.82, 2.24) is 41.2 Å². The summed E-state index contributed by atoms with van der Waals surface area (Å²) in [4.78, 5) is 60.8. The zero-order valence-corrected chi connectivity index (χ0v) is 85.9. The highest BCUT2D eigenvalue weighted by Crippen LogP contribution is 2.50. The molecule has 0 saturated carbocycles. The van der Waals surface area contributed by atoms with Gasteiger partial charge < -0.3 is 65.2 Å². The normalized spacial score (nSPS) is 22.0. The summed E-state index contributed by atoms with van der Waals surface area (Å²) in [7, 11) is -0.272.